The largest absolute Gasteiger partial charge is 0.465 e. The van der Waals surface area contributed by atoms with E-state index in [1.807, 2.05) is 56.3 Å². The fraction of sp³-hybridized carbons (Fsp3) is 0.125. The molecule has 0 saturated carbocycles. The molecule has 3 aromatic heterocycles. The van der Waals surface area contributed by atoms with Crippen LogP contribution in [0.2, 0.25) is 0 Å². The van der Waals surface area contributed by atoms with E-state index in [9.17, 15) is 9.59 Å². The minimum atomic E-state index is -0.361. The second kappa shape index (κ2) is 7.21. The predicted molar refractivity (Wildman–Crippen MR) is 122 cm³/mol. The summed E-state index contributed by atoms with van der Waals surface area (Å²) in [6, 6.07) is 17.0. The summed E-state index contributed by atoms with van der Waals surface area (Å²) < 4.78 is 9.20. The first-order chi connectivity index (χ1) is 15.0. The molecular weight excluding hydrogens is 410 g/mol. The minimum absolute atomic E-state index is 0.0547. The van der Waals surface area contributed by atoms with Crippen molar-refractivity contribution in [1.82, 2.24) is 14.0 Å². The number of carbonyl (C=O) groups is 1. The van der Waals surface area contributed by atoms with Crippen LogP contribution in [0.3, 0.4) is 0 Å². The van der Waals surface area contributed by atoms with Crippen LogP contribution in [0.5, 0.6) is 0 Å². The number of nitrogens with zero attached hydrogens (tertiary/aromatic N) is 3. The van der Waals surface area contributed by atoms with Crippen LogP contribution in [0.1, 0.15) is 27.3 Å². The Morgan fingerprint density at radius 1 is 1.10 bits per heavy atom. The van der Waals surface area contributed by atoms with Crippen LogP contribution in [0.25, 0.3) is 27.8 Å². The van der Waals surface area contributed by atoms with Crippen LogP contribution in [0.4, 0.5) is 0 Å². The molecule has 0 aliphatic heterocycles. The lowest BCUT2D eigenvalue weighted by Gasteiger charge is -2.10. The lowest BCUT2D eigenvalue weighted by atomic mass is 10.2. The number of thiazole rings is 1. The molecule has 0 unspecified atom stereocenters. The van der Waals surface area contributed by atoms with Crippen LogP contribution in [0, 0.1) is 13.8 Å². The first kappa shape index (κ1) is 19.3. The van der Waals surface area contributed by atoms with Gasteiger partial charge < -0.3 is 9.30 Å². The van der Waals surface area contributed by atoms with Gasteiger partial charge in [-0.1, -0.05) is 23.5 Å². The third-order valence-corrected chi connectivity index (χ3v) is 6.42. The van der Waals surface area contributed by atoms with Crippen LogP contribution in [-0.2, 0) is 4.74 Å². The van der Waals surface area contributed by atoms with Crippen molar-refractivity contribution < 1.29 is 9.53 Å². The predicted octanol–water partition coefficient (Wildman–Crippen LogP) is 3.65. The molecule has 5 aromatic rings. The molecule has 0 radical (unpaired) electrons. The summed E-state index contributed by atoms with van der Waals surface area (Å²) in [6.07, 6.45) is 1.93. The number of methoxy groups -OCH3 is 1. The van der Waals surface area contributed by atoms with Crippen LogP contribution >= 0.6 is 11.3 Å². The van der Waals surface area contributed by atoms with E-state index in [0.29, 0.717) is 15.1 Å². The molecule has 5 rings (SSSR count). The van der Waals surface area contributed by atoms with E-state index >= 15 is 0 Å². The van der Waals surface area contributed by atoms with Gasteiger partial charge in [-0.25, -0.2) is 14.2 Å². The number of fused-ring (bicyclic) bond motifs is 3. The first-order valence-electron chi connectivity index (χ1n) is 9.77. The quantitative estimate of drug-likeness (QED) is 0.411. The van der Waals surface area contributed by atoms with Crippen molar-refractivity contribution in [3.05, 3.63) is 92.0 Å². The molecule has 0 N–H and O–H groups in total. The Hall–Kier alpha value is -3.71. The lowest BCUT2D eigenvalue weighted by Crippen LogP contribution is -2.22. The average Bonchev–Trinajstić information content (AvgIpc) is 3.38. The van der Waals surface area contributed by atoms with Gasteiger partial charge in [-0.15, -0.1) is 0 Å². The highest BCUT2D eigenvalue weighted by Crippen LogP contribution is 2.22. The molecule has 0 aliphatic rings. The molecule has 6 nitrogen and oxygen atoms in total. The summed E-state index contributed by atoms with van der Waals surface area (Å²) >= 11 is 1.39. The number of esters is 1. The molecule has 0 atom stereocenters. The van der Waals surface area contributed by atoms with Gasteiger partial charge in [0.05, 0.1) is 28.2 Å². The minimum Gasteiger partial charge on any atom is -0.465 e. The monoisotopic (exact) mass is 429 g/mol. The molecule has 0 bridgehead atoms. The summed E-state index contributed by atoms with van der Waals surface area (Å²) in [5, 5.41) is 0. The first-order valence-corrected chi connectivity index (χ1v) is 10.6. The summed E-state index contributed by atoms with van der Waals surface area (Å²) in [4.78, 5) is 30.0. The van der Waals surface area contributed by atoms with Crippen molar-refractivity contribution in [2.75, 3.05) is 7.11 Å². The summed E-state index contributed by atoms with van der Waals surface area (Å²) in [5.41, 5.74) is 6.07. The number of ether oxygens (including phenoxy) is 1. The van der Waals surface area contributed by atoms with Crippen molar-refractivity contribution >= 4 is 39.4 Å². The number of benzene rings is 2. The number of hydrogen-bond acceptors (Lipinski definition) is 5. The smallest absolute Gasteiger partial charge is 0.337 e. The Morgan fingerprint density at radius 2 is 1.84 bits per heavy atom. The third-order valence-electron chi connectivity index (χ3n) is 5.45. The van der Waals surface area contributed by atoms with Gasteiger partial charge in [-0.2, -0.15) is 0 Å². The molecule has 2 aromatic carbocycles. The van der Waals surface area contributed by atoms with Gasteiger partial charge in [0.1, 0.15) is 0 Å². The third kappa shape index (κ3) is 3.05. The molecule has 0 aliphatic carbocycles. The molecule has 31 heavy (non-hydrogen) atoms. The Morgan fingerprint density at radius 3 is 2.58 bits per heavy atom. The molecule has 0 fully saturated rings. The molecule has 154 valence electrons. The number of aromatic nitrogens is 3. The van der Waals surface area contributed by atoms with Crippen molar-refractivity contribution in [3.8, 4) is 5.69 Å². The number of hydrogen-bond donors (Lipinski definition) is 0. The normalized spacial score (nSPS) is 12.2. The fourth-order valence-corrected chi connectivity index (χ4v) is 4.93. The van der Waals surface area contributed by atoms with Crippen molar-refractivity contribution in [2.24, 2.45) is 0 Å². The number of carbonyl (C=O) groups excluding carboxylic acids is 1. The van der Waals surface area contributed by atoms with Crippen molar-refractivity contribution in [2.45, 2.75) is 13.8 Å². The van der Waals surface area contributed by atoms with Gasteiger partial charge >= 0.3 is 5.97 Å². The second-order valence-electron chi connectivity index (χ2n) is 7.33. The molecule has 0 saturated heterocycles. The Labute approximate surface area is 181 Å². The fourth-order valence-electron chi connectivity index (χ4n) is 3.95. The average molecular weight is 430 g/mol. The molecule has 0 amide bonds. The van der Waals surface area contributed by atoms with E-state index in [4.69, 9.17) is 4.74 Å². The standard InChI is InChI=1S/C24H19N3O3S/c1-14-12-17(15(2)26(14)18-10-8-16(9-11-18)23(29)30-3)13-21-22(28)27-20-7-5-4-6-19(20)25-24(27)31-21/h4-13H,1-3H3/b21-13-. The maximum absolute atomic E-state index is 13.1. The highest BCUT2D eigenvalue weighted by molar-refractivity contribution is 7.15. The van der Waals surface area contributed by atoms with E-state index in [1.165, 1.54) is 18.4 Å². The second-order valence-corrected chi connectivity index (χ2v) is 8.34. The van der Waals surface area contributed by atoms with Gasteiger partial charge in [0.15, 0.2) is 4.96 Å². The number of para-hydroxylation sites is 2. The zero-order valence-electron chi connectivity index (χ0n) is 17.2. The Bertz CT molecular complexity index is 1570. The zero-order valence-corrected chi connectivity index (χ0v) is 18.1. The maximum Gasteiger partial charge on any atom is 0.337 e. The van der Waals surface area contributed by atoms with Crippen LogP contribution < -0.4 is 10.1 Å². The van der Waals surface area contributed by atoms with Crippen molar-refractivity contribution in [1.29, 1.82) is 0 Å². The molecule has 3 heterocycles. The van der Waals surface area contributed by atoms with E-state index in [-0.39, 0.29) is 11.5 Å². The maximum atomic E-state index is 13.1. The highest BCUT2D eigenvalue weighted by Gasteiger charge is 2.14. The Kier molecular flexibility index (Phi) is 4.48. The van der Waals surface area contributed by atoms with Crippen LogP contribution in [-0.4, -0.2) is 27.0 Å². The summed E-state index contributed by atoms with van der Waals surface area (Å²) in [6.45, 7) is 4.04. The van der Waals surface area contributed by atoms with Gasteiger partial charge in [0.2, 0.25) is 0 Å². The van der Waals surface area contributed by atoms with E-state index < -0.39 is 0 Å². The molecule has 7 heteroatoms. The number of rotatable bonds is 3. The topological polar surface area (TPSA) is 65.6 Å². The van der Waals surface area contributed by atoms with Gasteiger partial charge in [-0.3, -0.25) is 4.79 Å². The van der Waals surface area contributed by atoms with E-state index in [2.05, 4.69) is 15.6 Å². The van der Waals surface area contributed by atoms with Gasteiger partial charge in [0, 0.05) is 17.1 Å². The SMILES string of the molecule is COC(=O)c1ccc(-n2c(C)cc(/C=c3\sc4nc5ccccc5n4c3=O)c2C)cc1. The van der Waals surface area contributed by atoms with Gasteiger partial charge in [-0.05, 0) is 68.0 Å². The van der Waals surface area contributed by atoms with Crippen molar-refractivity contribution in [3.63, 3.8) is 0 Å². The summed E-state index contributed by atoms with van der Waals surface area (Å²) in [5.74, 6) is -0.361. The summed E-state index contributed by atoms with van der Waals surface area (Å²) in [7, 11) is 1.37. The number of imidazole rings is 1. The van der Waals surface area contributed by atoms with Crippen LogP contribution in [0.15, 0.2) is 59.4 Å². The number of aryl methyl sites for hydroxylation is 1. The highest BCUT2D eigenvalue weighted by atomic mass is 32.1. The molecule has 0 spiro atoms. The zero-order chi connectivity index (χ0) is 21.7. The van der Waals surface area contributed by atoms with E-state index in [0.717, 1.165) is 33.7 Å². The Balaban J connectivity index is 1.61. The molecular formula is C24H19N3O3S. The van der Waals surface area contributed by atoms with Gasteiger partial charge in [0.25, 0.3) is 5.56 Å². The lowest BCUT2D eigenvalue weighted by molar-refractivity contribution is 0.0600. The van der Waals surface area contributed by atoms with E-state index in [1.54, 1.807) is 16.5 Å².